The molecule has 2 aliphatic rings. The van der Waals surface area contributed by atoms with E-state index >= 15 is 0 Å². The molecule has 1 unspecified atom stereocenters. The van der Waals surface area contributed by atoms with Gasteiger partial charge in [-0.05, 0) is 43.0 Å². The standard InChI is InChI=1S/C19H29N3O3/c1-2-12-25-20-18-5-3-17(4-6-18)19(23)22-10-8-21(9-11-22)14-16-7-13-24-15-16/h3-6,16,20H,2,7-15H2,1H3. The molecule has 1 aromatic carbocycles. The lowest BCUT2D eigenvalue weighted by molar-refractivity contribution is 0.0611. The molecule has 3 rings (SSSR count). The molecule has 2 fully saturated rings. The predicted molar refractivity (Wildman–Crippen MR) is 97.6 cm³/mol. The zero-order valence-corrected chi connectivity index (χ0v) is 15.1. The fourth-order valence-electron chi connectivity index (χ4n) is 3.33. The zero-order valence-electron chi connectivity index (χ0n) is 15.1. The van der Waals surface area contributed by atoms with Crippen LogP contribution in [0.25, 0.3) is 0 Å². The number of benzene rings is 1. The van der Waals surface area contributed by atoms with Crippen LogP contribution in [0.15, 0.2) is 24.3 Å². The first-order valence-corrected chi connectivity index (χ1v) is 9.33. The third-order valence-electron chi connectivity index (χ3n) is 4.83. The van der Waals surface area contributed by atoms with E-state index in [1.807, 2.05) is 29.2 Å². The first kappa shape index (κ1) is 18.2. The van der Waals surface area contributed by atoms with Crippen molar-refractivity contribution in [3.05, 3.63) is 29.8 Å². The molecule has 1 atom stereocenters. The van der Waals surface area contributed by atoms with Gasteiger partial charge in [0.25, 0.3) is 5.91 Å². The molecular formula is C19H29N3O3. The minimum atomic E-state index is 0.116. The van der Waals surface area contributed by atoms with Crippen LogP contribution in [0, 0.1) is 5.92 Å². The number of carbonyl (C=O) groups is 1. The van der Waals surface area contributed by atoms with E-state index in [-0.39, 0.29) is 5.91 Å². The summed E-state index contributed by atoms with van der Waals surface area (Å²) in [6.07, 6.45) is 2.13. The number of hydrogen-bond acceptors (Lipinski definition) is 5. The summed E-state index contributed by atoms with van der Waals surface area (Å²) in [5, 5.41) is 0. The Morgan fingerprint density at radius 3 is 2.64 bits per heavy atom. The number of rotatable bonds is 7. The Hall–Kier alpha value is -1.63. The molecule has 2 saturated heterocycles. The number of hydrogen-bond donors (Lipinski definition) is 1. The van der Waals surface area contributed by atoms with Crippen molar-refractivity contribution >= 4 is 11.6 Å². The zero-order chi connectivity index (χ0) is 17.5. The Morgan fingerprint density at radius 1 is 1.24 bits per heavy atom. The second kappa shape index (κ2) is 9.17. The van der Waals surface area contributed by atoms with Crippen LogP contribution in [0.1, 0.15) is 30.1 Å². The molecule has 0 spiro atoms. The summed E-state index contributed by atoms with van der Waals surface area (Å²) < 4.78 is 5.45. The third kappa shape index (κ3) is 5.17. The van der Waals surface area contributed by atoms with E-state index in [4.69, 9.17) is 9.57 Å². The van der Waals surface area contributed by atoms with Gasteiger partial charge in [-0.3, -0.25) is 20.0 Å². The smallest absolute Gasteiger partial charge is 0.253 e. The molecule has 1 N–H and O–H groups in total. The van der Waals surface area contributed by atoms with Crippen LogP contribution in [0.2, 0.25) is 0 Å². The highest BCUT2D eigenvalue weighted by Gasteiger charge is 2.25. The molecule has 1 amide bonds. The lowest BCUT2D eigenvalue weighted by atomic mass is 10.1. The summed E-state index contributed by atoms with van der Waals surface area (Å²) >= 11 is 0. The van der Waals surface area contributed by atoms with Crippen molar-refractivity contribution in [2.24, 2.45) is 5.92 Å². The largest absolute Gasteiger partial charge is 0.381 e. The summed E-state index contributed by atoms with van der Waals surface area (Å²) in [7, 11) is 0. The lowest BCUT2D eigenvalue weighted by Crippen LogP contribution is -2.49. The number of anilines is 1. The van der Waals surface area contributed by atoms with Gasteiger partial charge in [0.15, 0.2) is 0 Å². The van der Waals surface area contributed by atoms with Crippen LogP contribution in [0.5, 0.6) is 0 Å². The second-order valence-electron chi connectivity index (χ2n) is 6.85. The minimum absolute atomic E-state index is 0.116. The van der Waals surface area contributed by atoms with Crippen molar-refractivity contribution in [3.8, 4) is 0 Å². The average Bonchev–Trinajstić information content (AvgIpc) is 3.16. The van der Waals surface area contributed by atoms with Crippen molar-refractivity contribution in [3.63, 3.8) is 0 Å². The molecule has 25 heavy (non-hydrogen) atoms. The fraction of sp³-hybridized carbons (Fsp3) is 0.632. The van der Waals surface area contributed by atoms with Crippen molar-refractivity contribution in [1.29, 1.82) is 0 Å². The van der Waals surface area contributed by atoms with Gasteiger partial charge in [-0.2, -0.15) is 0 Å². The molecule has 0 aliphatic carbocycles. The Balaban J connectivity index is 1.45. The quantitative estimate of drug-likeness (QED) is 0.606. The van der Waals surface area contributed by atoms with Crippen molar-refractivity contribution in [2.75, 3.05) is 58.0 Å². The van der Waals surface area contributed by atoms with E-state index in [1.54, 1.807) is 0 Å². The molecule has 6 heteroatoms. The Kier molecular flexibility index (Phi) is 6.67. The number of carbonyl (C=O) groups excluding carboxylic acids is 1. The number of piperazine rings is 1. The van der Waals surface area contributed by atoms with Gasteiger partial charge in [0.05, 0.1) is 18.9 Å². The molecule has 6 nitrogen and oxygen atoms in total. The Morgan fingerprint density at radius 2 is 2.00 bits per heavy atom. The van der Waals surface area contributed by atoms with Crippen LogP contribution in [0.3, 0.4) is 0 Å². The van der Waals surface area contributed by atoms with Crippen LogP contribution >= 0.6 is 0 Å². The van der Waals surface area contributed by atoms with E-state index < -0.39 is 0 Å². The highest BCUT2D eigenvalue weighted by atomic mass is 16.6. The number of amides is 1. The number of nitrogens with zero attached hydrogens (tertiary/aromatic N) is 2. The van der Waals surface area contributed by atoms with E-state index in [0.717, 1.165) is 63.6 Å². The molecule has 0 saturated carbocycles. The first-order valence-electron chi connectivity index (χ1n) is 9.33. The molecular weight excluding hydrogens is 318 g/mol. The highest BCUT2D eigenvalue weighted by molar-refractivity contribution is 5.94. The van der Waals surface area contributed by atoms with E-state index in [1.165, 1.54) is 6.42 Å². The van der Waals surface area contributed by atoms with Crippen molar-refractivity contribution < 1.29 is 14.4 Å². The van der Waals surface area contributed by atoms with Gasteiger partial charge in [0.2, 0.25) is 0 Å². The van der Waals surface area contributed by atoms with E-state index in [9.17, 15) is 4.79 Å². The van der Waals surface area contributed by atoms with Gasteiger partial charge in [0.1, 0.15) is 0 Å². The fourth-order valence-corrected chi connectivity index (χ4v) is 3.33. The molecule has 0 radical (unpaired) electrons. The normalized spacial score (nSPS) is 21.5. The molecule has 138 valence electrons. The van der Waals surface area contributed by atoms with Gasteiger partial charge in [-0.15, -0.1) is 0 Å². The van der Waals surface area contributed by atoms with Crippen LogP contribution < -0.4 is 5.48 Å². The average molecular weight is 347 g/mol. The van der Waals surface area contributed by atoms with Gasteiger partial charge in [-0.1, -0.05) is 6.92 Å². The summed E-state index contributed by atoms with van der Waals surface area (Å²) in [5.41, 5.74) is 4.49. The molecule has 2 aliphatic heterocycles. The first-order chi connectivity index (χ1) is 12.3. The van der Waals surface area contributed by atoms with Gasteiger partial charge in [0, 0.05) is 44.9 Å². The summed E-state index contributed by atoms with van der Waals surface area (Å²) in [4.78, 5) is 22.4. The second-order valence-corrected chi connectivity index (χ2v) is 6.85. The molecule has 1 aromatic rings. The third-order valence-corrected chi connectivity index (χ3v) is 4.83. The SMILES string of the molecule is CCCONc1ccc(C(=O)N2CCN(CC3CCOC3)CC2)cc1. The van der Waals surface area contributed by atoms with E-state index in [0.29, 0.717) is 12.5 Å². The number of ether oxygens (including phenoxy) is 1. The topological polar surface area (TPSA) is 54.0 Å². The molecule has 0 bridgehead atoms. The lowest BCUT2D eigenvalue weighted by Gasteiger charge is -2.35. The highest BCUT2D eigenvalue weighted by Crippen LogP contribution is 2.17. The Labute approximate surface area is 150 Å². The van der Waals surface area contributed by atoms with Gasteiger partial charge in [-0.25, -0.2) is 0 Å². The minimum Gasteiger partial charge on any atom is -0.381 e. The van der Waals surface area contributed by atoms with Crippen molar-refractivity contribution in [2.45, 2.75) is 19.8 Å². The summed E-state index contributed by atoms with van der Waals surface area (Å²) in [6.45, 7) is 9.11. The monoisotopic (exact) mass is 347 g/mol. The van der Waals surface area contributed by atoms with Crippen LogP contribution in [-0.4, -0.2) is 68.3 Å². The summed E-state index contributed by atoms with van der Waals surface area (Å²) in [6, 6.07) is 7.50. The van der Waals surface area contributed by atoms with E-state index in [2.05, 4.69) is 17.3 Å². The maximum atomic E-state index is 12.7. The van der Waals surface area contributed by atoms with Gasteiger partial charge < -0.3 is 9.64 Å². The maximum absolute atomic E-state index is 12.7. The van der Waals surface area contributed by atoms with Crippen molar-refractivity contribution in [1.82, 2.24) is 9.80 Å². The maximum Gasteiger partial charge on any atom is 0.253 e. The number of nitrogens with one attached hydrogen (secondary N) is 1. The predicted octanol–water partition coefficient (Wildman–Crippen LogP) is 2.23. The van der Waals surface area contributed by atoms with Gasteiger partial charge >= 0.3 is 0 Å². The molecule has 0 aromatic heterocycles. The van der Waals surface area contributed by atoms with Crippen LogP contribution in [-0.2, 0) is 9.57 Å². The van der Waals surface area contributed by atoms with Crippen LogP contribution in [0.4, 0.5) is 5.69 Å². The summed E-state index contributed by atoms with van der Waals surface area (Å²) in [5.74, 6) is 0.780. The molecule has 2 heterocycles. The Bertz CT molecular complexity index is 535.